The van der Waals surface area contributed by atoms with Crippen LogP contribution in [0.15, 0.2) is 76.2 Å². The number of aliphatic carboxylic acids is 1. The number of rotatable bonds is 6. The number of carboxylic acid groups (broad SMARTS) is 1. The number of aliphatic hydroxyl groups is 1. The number of furan rings is 1. The van der Waals surface area contributed by atoms with Gasteiger partial charge >= 0.3 is 5.97 Å². The van der Waals surface area contributed by atoms with Gasteiger partial charge < -0.3 is 40.2 Å². The molecule has 1 aromatic heterocycles. The number of fused-ring (bicyclic) bond motifs is 1. The number of carbonyl (C=O) groups is 1. The van der Waals surface area contributed by atoms with Gasteiger partial charge in [-0.1, -0.05) is 23.8 Å². The summed E-state index contributed by atoms with van der Waals surface area (Å²) < 4.78 is 6.08. The molecule has 5 rings (SSSR count). The number of aromatic hydroxyl groups is 5. The molecule has 9 nitrogen and oxygen atoms in total. The van der Waals surface area contributed by atoms with E-state index < -0.39 is 29.8 Å². The van der Waals surface area contributed by atoms with E-state index >= 15 is 0 Å². The van der Waals surface area contributed by atoms with Crippen LogP contribution < -0.4 is 0 Å². The van der Waals surface area contributed by atoms with Crippen LogP contribution in [-0.4, -0.2) is 47.8 Å². The minimum Gasteiger partial charge on any atom is -0.508 e. The number of allylic oxidation sites excluding steroid dienone is 3. The molecule has 0 saturated carbocycles. The Balaban J connectivity index is 1.60. The van der Waals surface area contributed by atoms with E-state index in [1.807, 2.05) is 19.9 Å². The fraction of sp³-hybridized carbons (Fsp3) is 0.242. The molecular weight excluding hydrogens is 540 g/mol. The highest BCUT2D eigenvalue weighted by Crippen LogP contribution is 2.52. The average Bonchev–Trinajstić information content (AvgIpc) is 3.34. The fourth-order valence-electron chi connectivity index (χ4n) is 5.84. The second-order valence-electron chi connectivity index (χ2n) is 11.0. The zero-order valence-corrected chi connectivity index (χ0v) is 23.2. The van der Waals surface area contributed by atoms with E-state index in [9.17, 15) is 40.5 Å². The summed E-state index contributed by atoms with van der Waals surface area (Å²) in [4.78, 5) is 12.6. The van der Waals surface area contributed by atoms with Crippen molar-refractivity contribution in [3.05, 3.63) is 88.5 Å². The van der Waals surface area contributed by atoms with Gasteiger partial charge in [0.2, 0.25) is 0 Å². The first-order valence-electron chi connectivity index (χ1n) is 13.4. The topological polar surface area (TPSA) is 172 Å². The Morgan fingerprint density at radius 1 is 0.905 bits per heavy atom. The molecule has 0 fully saturated rings. The Morgan fingerprint density at radius 3 is 2.21 bits per heavy atom. The van der Waals surface area contributed by atoms with Crippen LogP contribution in [0.3, 0.4) is 0 Å². The van der Waals surface area contributed by atoms with Crippen LogP contribution in [0.5, 0.6) is 28.7 Å². The molecule has 1 aliphatic rings. The van der Waals surface area contributed by atoms with Crippen molar-refractivity contribution in [1.82, 2.24) is 0 Å². The molecule has 0 aliphatic heterocycles. The SMILES string of the molecule is CC(C)=CCc1c(O)ccc2cc(-c3cc(O)c(C4C=C(C)C(O)C(c5ccc(O)cc5O)C4C(=O)O)c(O)c3)oc12. The highest BCUT2D eigenvalue weighted by Gasteiger charge is 2.46. The van der Waals surface area contributed by atoms with Crippen molar-refractivity contribution in [2.45, 2.75) is 45.1 Å². The Kier molecular flexibility index (Phi) is 7.38. The maximum atomic E-state index is 12.6. The Hall–Kier alpha value is -4.89. The first kappa shape index (κ1) is 28.6. The standard InChI is InChI=1S/C33H32O9/c1-15(2)4-7-21-23(35)9-5-17-13-27(42-32(17)21)18-11-25(37)28(26(38)12-18)22-10-16(3)31(39)29(30(22)33(40)41)20-8-6-19(34)14-24(20)36/h4-6,8-14,22,29-31,34-39H,7H2,1-3H3,(H,40,41). The number of aliphatic hydroxyl groups excluding tert-OH is 1. The number of benzene rings is 3. The van der Waals surface area contributed by atoms with Crippen LogP contribution in [0.25, 0.3) is 22.3 Å². The maximum absolute atomic E-state index is 12.6. The van der Waals surface area contributed by atoms with Gasteiger partial charge in [0, 0.05) is 45.5 Å². The van der Waals surface area contributed by atoms with E-state index in [0.717, 1.165) is 11.6 Å². The Bertz CT molecular complexity index is 1730. The molecule has 7 N–H and O–H groups in total. The van der Waals surface area contributed by atoms with E-state index in [-0.39, 0.29) is 39.9 Å². The van der Waals surface area contributed by atoms with Crippen molar-refractivity contribution in [2.24, 2.45) is 5.92 Å². The molecule has 1 aliphatic carbocycles. The van der Waals surface area contributed by atoms with Gasteiger partial charge in [-0.2, -0.15) is 0 Å². The Morgan fingerprint density at radius 2 is 1.60 bits per heavy atom. The zero-order valence-electron chi connectivity index (χ0n) is 23.2. The predicted molar refractivity (Wildman–Crippen MR) is 156 cm³/mol. The van der Waals surface area contributed by atoms with E-state index in [1.165, 1.54) is 30.3 Å². The fourth-order valence-corrected chi connectivity index (χ4v) is 5.84. The van der Waals surface area contributed by atoms with Crippen LogP contribution in [0, 0.1) is 5.92 Å². The van der Waals surface area contributed by atoms with Crippen molar-refractivity contribution in [2.75, 3.05) is 0 Å². The van der Waals surface area contributed by atoms with Crippen molar-refractivity contribution < 1.29 is 45.0 Å². The summed E-state index contributed by atoms with van der Waals surface area (Å²) in [5, 5.41) is 75.1. The number of carboxylic acids is 1. The van der Waals surface area contributed by atoms with Gasteiger partial charge in [0.15, 0.2) is 0 Å². The molecule has 218 valence electrons. The summed E-state index contributed by atoms with van der Waals surface area (Å²) in [6.07, 6.45) is 2.62. The van der Waals surface area contributed by atoms with E-state index in [0.29, 0.717) is 39.9 Å². The lowest BCUT2D eigenvalue weighted by molar-refractivity contribution is -0.144. The molecule has 9 heteroatoms. The minimum atomic E-state index is -1.39. The largest absolute Gasteiger partial charge is 0.508 e. The van der Waals surface area contributed by atoms with Crippen molar-refractivity contribution in [3.63, 3.8) is 0 Å². The lowest BCUT2D eigenvalue weighted by Gasteiger charge is -2.38. The first-order chi connectivity index (χ1) is 19.9. The average molecular weight is 573 g/mol. The second-order valence-corrected chi connectivity index (χ2v) is 11.0. The predicted octanol–water partition coefficient (Wildman–Crippen LogP) is 6.03. The molecule has 0 saturated heterocycles. The number of hydrogen-bond acceptors (Lipinski definition) is 8. The third-order valence-electron chi connectivity index (χ3n) is 7.91. The molecular formula is C33H32O9. The van der Waals surface area contributed by atoms with Gasteiger partial charge in [-0.3, -0.25) is 4.79 Å². The Labute approximate surface area is 241 Å². The number of hydrogen-bond donors (Lipinski definition) is 7. The van der Waals surface area contributed by atoms with Crippen LogP contribution in [-0.2, 0) is 11.2 Å². The van der Waals surface area contributed by atoms with Gasteiger partial charge in [-0.25, -0.2) is 0 Å². The first-order valence-corrected chi connectivity index (χ1v) is 13.4. The van der Waals surface area contributed by atoms with Crippen molar-refractivity contribution >= 4 is 16.9 Å². The van der Waals surface area contributed by atoms with E-state index in [4.69, 9.17) is 4.42 Å². The third-order valence-corrected chi connectivity index (χ3v) is 7.91. The summed E-state index contributed by atoms with van der Waals surface area (Å²) in [7, 11) is 0. The minimum absolute atomic E-state index is 0.0568. The third kappa shape index (κ3) is 5.03. The molecule has 1 heterocycles. The zero-order chi connectivity index (χ0) is 30.5. The van der Waals surface area contributed by atoms with Crippen LogP contribution in [0.4, 0.5) is 0 Å². The lowest BCUT2D eigenvalue weighted by atomic mass is 9.66. The molecule has 0 amide bonds. The lowest BCUT2D eigenvalue weighted by Crippen LogP contribution is -2.39. The molecule has 3 aromatic carbocycles. The highest BCUT2D eigenvalue weighted by molar-refractivity contribution is 5.88. The van der Waals surface area contributed by atoms with E-state index in [1.54, 1.807) is 25.1 Å². The smallest absolute Gasteiger partial charge is 0.308 e. The van der Waals surface area contributed by atoms with Gasteiger partial charge in [-0.05, 0) is 69.2 Å². The molecule has 0 bridgehead atoms. The van der Waals surface area contributed by atoms with Crippen LogP contribution in [0.1, 0.15) is 49.3 Å². The van der Waals surface area contributed by atoms with Crippen LogP contribution in [0.2, 0.25) is 0 Å². The van der Waals surface area contributed by atoms with Gasteiger partial charge in [0.1, 0.15) is 40.1 Å². The van der Waals surface area contributed by atoms with Crippen LogP contribution >= 0.6 is 0 Å². The summed E-state index contributed by atoms with van der Waals surface area (Å²) >= 11 is 0. The molecule has 0 radical (unpaired) electrons. The second kappa shape index (κ2) is 10.8. The number of phenols is 5. The molecule has 42 heavy (non-hydrogen) atoms. The monoisotopic (exact) mass is 572 g/mol. The summed E-state index contributed by atoms with van der Waals surface area (Å²) in [5.74, 6) is -5.93. The van der Waals surface area contributed by atoms with Crippen molar-refractivity contribution in [3.8, 4) is 40.1 Å². The molecule has 0 spiro atoms. The van der Waals surface area contributed by atoms with Gasteiger partial charge in [0.25, 0.3) is 0 Å². The van der Waals surface area contributed by atoms with Crippen molar-refractivity contribution in [1.29, 1.82) is 0 Å². The quantitative estimate of drug-likeness (QED) is 0.136. The van der Waals surface area contributed by atoms with Gasteiger partial charge in [-0.15, -0.1) is 0 Å². The summed E-state index contributed by atoms with van der Waals surface area (Å²) in [6, 6.07) is 11.4. The molecule has 4 atom stereocenters. The summed E-state index contributed by atoms with van der Waals surface area (Å²) in [5.41, 5.74) is 2.90. The van der Waals surface area contributed by atoms with E-state index in [2.05, 4.69) is 0 Å². The maximum Gasteiger partial charge on any atom is 0.308 e. The number of phenolic OH excluding ortho intramolecular Hbond substituents is 5. The summed E-state index contributed by atoms with van der Waals surface area (Å²) in [6.45, 7) is 5.50. The molecule has 4 unspecified atom stereocenters. The normalized spacial score (nSPS) is 20.3. The molecule has 4 aromatic rings. The van der Waals surface area contributed by atoms with Gasteiger partial charge in [0.05, 0.1) is 12.0 Å². The highest BCUT2D eigenvalue weighted by atomic mass is 16.4.